The van der Waals surface area contributed by atoms with Crippen LogP contribution in [0.1, 0.15) is 37.5 Å². The third-order valence-electron chi connectivity index (χ3n) is 3.87. The van der Waals surface area contributed by atoms with Crippen LogP contribution in [0.3, 0.4) is 0 Å². The lowest BCUT2D eigenvalue weighted by atomic mass is 10.00. The van der Waals surface area contributed by atoms with Crippen LogP contribution >= 0.6 is 15.9 Å². The van der Waals surface area contributed by atoms with Gasteiger partial charge < -0.3 is 10.1 Å². The molecule has 26 heavy (non-hydrogen) atoms. The number of nitrogens with zero attached hydrogens (tertiary/aromatic N) is 1. The van der Waals surface area contributed by atoms with E-state index in [0.29, 0.717) is 6.42 Å². The number of nitrogens with one attached hydrogen (secondary N) is 1. The number of carbonyl (C=O) groups excluding carboxylic acids is 1. The fourth-order valence-electron chi connectivity index (χ4n) is 2.70. The van der Waals surface area contributed by atoms with Gasteiger partial charge in [0.2, 0.25) is 5.91 Å². The second-order valence-electron chi connectivity index (χ2n) is 6.48. The van der Waals surface area contributed by atoms with Gasteiger partial charge >= 0.3 is 0 Å². The number of hydrogen-bond donors (Lipinski definition) is 1. The molecule has 0 fully saturated rings. The van der Waals surface area contributed by atoms with Crippen molar-refractivity contribution < 1.29 is 9.53 Å². The van der Waals surface area contributed by atoms with Gasteiger partial charge in [0, 0.05) is 4.47 Å². The number of benzene rings is 2. The van der Waals surface area contributed by atoms with Crippen LogP contribution in [0.4, 0.5) is 0 Å². The molecule has 4 nitrogen and oxygen atoms in total. The maximum absolute atomic E-state index is 12.5. The normalized spacial score (nSPS) is 13.0. The number of amides is 1. The SMILES string of the molecule is CC(C)C[C@H](O[C@H](c1ccccc1)c1cccc(Br)c1)C(=O)NCC#N. The fourth-order valence-corrected chi connectivity index (χ4v) is 3.12. The zero-order valence-corrected chi connectivity index (χ0v) is 16.6. The first kappa shape index (κ1) is 20.2. The lowest BCUT2D eigenvalue weighted by molar-refractivity contribution is -0.136. The van der Waals surface area contributed by atoms with Crippen LogP contribution in [0.5, 0.6) is 0 Å². The summed E-state index contributed by atoms with van der Waals surface area (Å²) in [5.74, 6) is 0.0305. The molecule has 0 unspecified atom stereocenters. The maximum atomic E-state index is 12.5. The number of ether oxygens (including phenoxy) is 1. The third kappa shape index (κ3) is 5.98. The standard InChI is InChI=1S/C21H23BrN2O2/c1-15(2)13-19(21(25)24-12-11-23)26-20(16-7-4-3-5-8-16)17-9-6-10-18(22)14-17/h3-10,14-15,19-20H,12-13H2,1-2H3,(H,24,25)/t19-,20+/m0/s1. The molecule has 2 aromatic carbocycles. The number of halogens is 1. The van der Waals surface area contributed by atoms with Crippen molar-refractivity contribution in [2.24, 2.45) is 5.92 Å². The zero-order chi connectivity index (χ0) is 18.9. The van der Waals surface area contributed by atoms with Gasteiger partial charge in [0.1, 0.15) is 18.8 Å². The molecule has 0 radical (unpaired) electrons. The van der Waals surface area contributed by atoms with E-state index in [1.807, 2.05) is 74.5 Å². The number of hydrogen-bond acceptors (Lipinski definition) is 3. The minimum atomic E-state index is -0.632. The van der Waals surface area contributed by atoms with Crippen molar-refractivity contribution in [2.45, 2.75) is 32.5 Å². The van der Waals surface area contributed by atoms with Gasteiger partial charge in [-0.3, -0.25) is 4.79 Å². The summed E-state index contributed by atoms with van der Waals surface area (Å²) in [7, 11) is 0. The monoisotopic (exact) mass is 414 g/mol. The first-order chi connectivity index (χ1) is 12.5. The van der Waals surface area contributed by atoms with E-state index in [2.05, 4.69) is 21.2 Å². The molecule has 0 bridgehead atoms. The molecule has 5 heteroatoms. The highest BCUT2D eigenvalue weighted by molar-refractivity contribution is 9.10. The van der Waals surface area contributed by atoms with Gasteiger partial charge in [-0.05, 0) is 35.6 Å². The highest BCUT2D eigenvalue weighted by Gasteiger charge is 2.26. The van der Waals surface area contributed by atoms with Crippen molar-refractivity contribution >= 4 is 21.8 Å². The Hall–Kier alpha value is -2.16. The van der Waals surface area contributed by atoms with Gasteiger partial charge in [-0.15, -0.1) is 0 Å². The third-order valence-corrected chi connectivity index (χ3v) is 4.37. The van der Waals surface area contributed by atoms with Crippen molar-refractivity contribution in [1.29, 1.82) is 5.26 Å². The van der Waals surface area contributed by atoms with E-state index in [1.165, 1.54) is 0 Å². The van der Waals surface area contributed by atoms with Crippen molar-refractivity contribution in [3.8, 4) is 6.07 Å². The largest absolute Gasteiger partial charge is 0.356 e. The van der Waals surface area contributed by atoms with Crippen molar-refractivity contribution in [2.75, 3.05) is 6.54 Å². The highest BCUT2D eigenvalue weighted by atomic mass is 79.9. The van der Waals surface area contributed by atoms with Gasteiger partial charge in [-0.25, -0.2) is 0 Å². The van der Waals surface area contributed by atoms with Gasteiger partial charge in [-0.1, -0.05) is 72.2 Å². The molecule has 0 aliphatic carbocycles. The molecule has 0 saturated heterocycles. The summed E-state index contributed by atoms with van der Waals surface area (Å²) in [5, 5.41) is 11.4. The predicted molar refractivity (Wildman–Crippen MR) is 105 cm³/mol. The summed E-state index contributed by atoms with van der Waals surface area (Å²) in [5.41, 5.74) is 1.94. The van der Waals surface area contributed by atoms with E-state index >= 15 is 0 Å². The molecule has 0 spiro atoms. The Kier molecular flexibility index (Phi) is 7.83. The Labute approximate surface area is 163 Å². The Morgan fingerprint density at radius 3 is 2.46 bits per heavy atom. The Morgan fingerprint density at radius 1 is 1.15 bits per heavy atom. The van der Waals surface area contributed by atoms with Crippen molar-refractivity contribution in [3.05, 3.63) is 70.2 Å². The van der Waals surface area contributed by atoms with E-state index in [1.54, 1.807) is 0 Å². The summed E-state index contributed by atoms with van der Waals surface area (Å²) in [6, 6.07) is 19.7. The quantitative estimate of drug-likeness (QED) is 0.641. The minimum absolute atomic E-state index is 0.0241. The van der Waals surface area contributed by atoms with Crippen LogP contribution in [-0.2, 0) is 9.53 Å². The van der Waals surface area contributed by atoms with Gasteiger partial charge in [0.25, 0.3) is 0 Å². The first-order valence-electron chi connectivity index (χ1n) is 8.61. The zero-order valence-electron chi connectivity index (χ0n) is 15.0. The fraction of sp³-hybridized carbons (Fsp3) is 0.333. The topological polar surface area (TPSA) is 62.1 Å². The molecule has 1 amide bonds. The van der Waals surface area contributed by atoms with Crippen LogP contribution in [-0.4, -0.2) is 18.6 Å². The summed E-state index contributed by atoms with van der Waals surface area (Å²) in [6.45, 7) is 4.07. The average molecular weight is 415 g/mol. The molecule has 0 aromatic heterocycles. The van der Waals surface area contributed by atoms with E-state index in [4.69, 9.17) is 10.00 Å². The smallest absolute Gasteiger partial charge is 0.250 e. The molecule has 136 valence electrons. The molecule has 2 atom stereocenters. The highest BCUT2D eigenvalue weighted by Crippen LogP contribution is 2.30. The molecular weight excluding hydrogens is 392 g/mol. The molecule has 2 aromatic rings. The molecule has 0 heterocycles. The van der Waals surface area contributed by atoms with Crippen molar-refractivity contribution in [1.82, 2.24) is 5.32 Å². The van der Waals surface area contributed by atoms with Crippen LogP contribution in [0.15, 0.2) is 59.1 Å². The summed E-state index contributed by atoms with van der Waals surface area (Å²) in [4.78, 5) is 12.5. The molecular formula is C21H23BrN2O2. The Balaban J connectivity index is 2.33. The van der Waals surface area contributed by atoms with Crippen LogP contribution in [0.25, 0.3) is 0 Å². The Morgan fingerprint density at radius 2 is 1.85 bits per heavy atom. The predicted octanol–water partition coefficient (Wildman–Crippen LogP) is 4.61. The Bertz CT molecular complexity index is 756. The second-order valence-corrected chi connectivity index (χ2v) is 7.39. The lowest BCUT2D eigenvalue weighted by Crippen LogP contribution is -2.38. The number of carbonyl (C=O) groups is 1. The summed E-state index contributed by atoms with van der Waals surface area (Å²) >= 11 is 3.50. The van der Waals surface area contributed by atoms with Crippen LogP contribution in [0, 0.1) is 17.2 Å². The summed E-state index contributed by atoms with van der Waals surface area (Å²) < 4.78 is 7.26. The minimum Gasteiger partial charge on any atom is -0.356 e. The number of nitriles is 1. The van der Waals surface area contributed by atoms with E-state index in [0.717, 1.165) is 15.6 Å². The maximum Gasteiger partial charge on any atom is 0.250 e. The van der Waals surface area contributed by atoms with Crippen LogP contribution < -0.4 is 5.32 Å². The summed E-state index contributed by atoms with van der Waals surface area (Å²) in [6.07, 6.45) is -0.424. The van der Waals surface area contributed by atoms with E-state index in [9.17, 15) is 4.79 Å². The van der Waals surface area contributed by atoms with Gasteiger partial charge in [0.05, 0.1) is 6.07 Å². The molecule has 0 aliphatic rings. The van der Waals surface area contributed by atoms with Gasteiger partial charge in [-0.2, -0.15) is 5.26 Å². The van der Waals surface area contributed by atoms with Gasteiger partial charge in [0.15, 0.2) is 0 Å². The number of rotatable bonds is 8. The van der Waals surface area contributed by atoms with E-state index < -0.39 is 6.10 Å². The molecule has 1 N–H and O–H groups in total. The average Bonchev–Trinajstić information content (AvgIpc) is 2.63. The second kappa shape index (κ2) is 10.1. The van der Waals surface area contributed by atoms with E-state index in [-0.39, 0.29) is 24.5 Å². The van der Waals surface area contributed by atoms with Crippen molar-refractivity contribution in [3.63, 3.8) is 0 Å². The van der Waals surface area contributed by atoms with Crippen LogP contribution in [0.2, 0.25) is 0 Å². The molecule has 2 rings (SSSR count). The molecule has 0 aliphatic heterocycles. The lowest BCUT2D eigenvalue weighted by Gasteiger charge is -2.26. The molecule has 0 saturated carbocycles. The first-order valence-corrected chi connectivity index (χ1v) is 9.41.